The van der Waals surface area contributed by atoms with E-state index in [2.05, 4.69) is 15.9 Å². The van der Waals surface area contributed by atoms with Gasteiger partial charge in [0.1, 0.15) is 0 Å². The number of amides is 1. The zero-order valence-electron chi connectivity index (χ0n) is 9.87. The van der Waals surface area contributed by atoms with E-state index >= 15 is 0 Å². The Kier molecular flexibility index (Phi) is 5.95. The van der Waals surface area contributed by atoms with E-state index in [4.69, 9.17) is 16.3 Å². The van der Waals surface area contributed by atoms with Gasteiger partial charge in [0.25, 0.3) is 5.91 Å². The van der Waals surface area contributed by atoms with Crippen molar-refractivity contribution >= 4 is 33.4 Å². The predicted octanol–water partition coefficient (Wildman–Crippen LogP) is 3.21. The molecule has 1 rings (SSSR count). The minimum atomic E-state index is -0.0479. The molecule has 0 aliphatic carbocycles. The Morgan fingerprint density at radius 1 is 1.53 bits per heavy atom. The van der Waals surface area contributed by atoms with Crippen LogP contribution in [0.15, 0.2) is 22.7 Å². The van der Waals surface area contributed by atoms with Gasteiger partial charge in [0.2, 0.25) is 0 Å². The van der Waals surface area contributed by atoms with Gasteiger partial charge < -0.3 is 9.64 Å². The topological polar surface area (TPSA) is 29.5 Å². The molecule has 0 heterocycles. The molecule has 0 atom stereocenters. The number of rotatable bonds is 5. The molecule has 17 heavy (non-hydrogen) atoms. The van der Waals surface area contributed by atoms with Crippen molar-refractivity contribution in [1.29, 1.82) is 0 Å². The Balaban J connectivity index is 2.68. The van der Waals surface area contributed by atoms with Gasteiger partial charge in [-0.25, -0.2) is 0 Å². The van der Waals surface area contributed by atoms with E-state index in [0.29, 0.717) is 34.8 Å². The molecule has 1 aromatic carbocycles. The van der Waals surface area contributed by atoms with Gasteiger partial charge in [-0.3, -0.25) is 4.79 Å². The van der Waals surface area contributed by atoms with Gasteiger partial charge in [0.15, 0.2) is 0 Å². The normalized spacial score (nSPS) is 10.4. The van der Waals surface area contributed by atoms with Crippen molar-refractivity contribution < 1.29 is 9.53 Å². The molecule has 0 N–H and O–H groups in total. The maximum absolute atomic E-state index is 12.1. The van der Waals surface area contributed by atoms with E-state index in [1.807, 2.05) is 6.92 Å². The largest absolute Gasteiger partial charge is 0.380 e. The van der Waals surface area contributed by atoms with Gasteiger partial charge in [0.05, 0.1) is 12.2 Å². The van der Waals surface area contributed by atoms with Crippen LogP contribution in [0, 0.1) is 0 Å². The molecule has 94 valence electrons. The Bertz CT molecular complexity index is 398. The number of benzene rings is 1. The molecule has 3 nitrogen and oxygen atoms in total. The van der Waals surface area contributed by atoms with Crippen LogP contribution in [0.1, 0.15) is 17.3 Å². The zero-order chi connectivity index (χ0) is 12.8. The lowest BCUT2D eigenvalue weighted by atomic mass is 10.2. The smallest absolute Gasteiger partial charge is 0.254 e. The van der Waals surface area contributed by atoms with E-state index in [1.165, 1.54) is 0 Å². The van der Waals surface area contributed by atoms with Gasteiger partial charge in [-0.05, 0) is 41.1 Å². The summed E-state index contributed by atoms with van der Waals surface area (Å²) in [5, 5.41) is 0.602. The molecule has 0 aliphatic heterocycles. The third kappa shape index (κ3) is 4.30. The SMILES string of the molecule is CCOCCN(C)C(=O)c1ccc(Cl)cc1Br. The highest BCUT2D eigenvalue weighted by Gasteiger charge is 2.14. The zero-order valence-corrected chi connectivity index (χ0v) is 12.2. The summed E-state index contributed by atoms with van der Waals surface area (Å²) >= 11 is 9.16. The Hall–Kier alpha value is -0.580. The van der Waals surface area contributed by atoms with E-state index in [-0.39, 0.29) is 5.91 Å². The first kappa shape index (κ1) is 14.5. The van der Waals surface area contributed by atoms with E-state index < -0.39 is 0 Å². The maximum Gasteiger partial charge on any atom is 0.254 e. The van der Waals surface area contributed by atoms with Crippen molar-refractivity contribution in [3.8, 4) is 0 Å². The highest BCUT2D eigenvalue weighted by Crippen LogP contribution is 2.22. The number of ether oxygens (including phenoxy) is 1. The average Bonchev–Trinajstić information content (AvgIpc) is 2.28. The molecular formula is C12H15BrClNO2. The van der Waals surface area contributed by atoms with Gasteiger partial charge in [-0.2, -0.15) is 0 Å². The Labute approximate surface area is 115 Å². The molecule has 0 spiro atoms. The van der Waals surface area contributed by atoms with Crippen molar-refractivity contribution in [2.75, 3.05) is 26.8 Å². The monoisotopic (exact) mass is 319 g/mol. The van der Waals surface area contributed by atoms with Gasteiger partial charge in [-0.15, -0.1) is 0 Å². The molecule has 0 bridgehead atoms. The van der Waals surface area contributed by atoms with Crippen molar-refractivity contribution in [2.24, 2.45) is 0 Å². The number of likely N-dealkylation sites (N-methyl/N-ethyl adjacent to an activating group) is 1. The lowest BCUT2D eigenvalue weighted by Crippen LogP contribution is -2.30. The van der Waals surface area contributed by atoms with E-state index in [1.54, 1.807) is 30.1 Å². The molecule has 0 radical (unpaired) electrons. The fourth-order valence-electron chi connectivity index (χ4n) is 1.32. The molecule has 0 fully saturated rings. The number of carbonyl (C=O) groups excluding carboxylic acids is 1. The molecular weight excluding hydrogens is 305 g/mol. The van der Waals surface area contributed by atoms with Crippen LogP contribution in [0.4, 0.5) is 0 Å². The molecule has 0 unspecified atom stereocenters. The third-order valence-corrected chi connectivity index (χ3v) is 3.17. The molecule has 5 heteroatoms. The van der Waals surface area contributed by atoms with Crippen LogP contribution in [0.25, 0.3) is 0 Å². The summed E-state index contributed by atoms with van der Waals surface area (Å²) < 4.78 is 5.92. The summed E-state index contributed by atoms with van der Waals surface area (Å²) in [6.45, 7) is 3.70. The van der Waals surface area contributed by atoms with E-state index in [9.17, 15) is 4.79 Å². The number of carbonyl (C=O) groups is 1. The van der Waals surface area contributed by atoms with Gasteiger partial charge >= 0.3 is 0 Å². The van der Waals surface area contributed by atoms with Crippen molar-refractivity contribution in [3.05, 3.63) is 33.3 Å². The number of hydrogen-bond donors (Lipinski definition) is 0. The van der Waals surface area contributed by atoms with Gasteiger partial charge in [0, 0.05) is 29.7 Å². The second-order valence-corrected chi connectivity index (χ2v) is 4.84. The molecule has 1 aromatic rings. The number of halogens is 2. The third-order valence-electron chi connectivity index (χ3n) is 2.28. The van der Waals surface area contributed by atoms with E-state index in [0.717, 1.165) is 0 Å². The van der Waals surface area contributed by atoms with Gasteiger partial charge in [-0.1, -0.05) is 11.6 Å². The summed E-state index contributed by atoms with van der Waals surface area (Å²) in [6.07, 6.45) is 0. The van der Waals surface area contributed by atoms with Crippen LogP contribution in [0.3, 0.4) is 0 Å². The van der Waals surface area contributed by atoms with Crippen LogP contribution >= 0.6 is 27.5 Å². The number of nitrogens with zero attached hydrogens (tertiary/aromatic N) is 1. The summed E-state index contributed by atoms with van der Waals surface area (Å²) in [5.41, 5.74) is 0.605. The minimum Gasteiger partial charge on any atom is -0.380 e. The number of hydrogen-bond acceptors (Lipinski definition) is 2. The van der Waals surface area contributed by atoms with Crippen LogP contribution in [-0.4, -0.2) is 37.6 Å². The fourth-order valence-corrected chi connectivity index (χ4v) is 2.17. The summed E-state index contributed by atoms with van der Waals surface area (Å²) in [5.74, 6) is -0.0479. The Morgan fingerprint density at radius 2 is 2.24 bits per heavy atom. The first-order valence-corrected chi connectivity index (χ1v) is 6.51. The van der Waals surface area contributed by atoms with Crippen LogP contribution in [-0.2, 0) is 4.74 Å². The standard InChI is InChI=1S/C12H15BrClNO2/c1-3-17-7-6-15(2)12(16)10-5-4-9(14)8-11(10)13/h4-5,8H,3,6-7H2,1-2H3. The Morgan fingerprint density at radius 3 is 2.82 bits per heavy atom. The fraction of sp³-hybridized carbons (Fsp3) is 0.417. The lowest BCUT2D eigenvalue weighted by molar-refractivity contribution is 0.0709. The highest BCUT2D eigenvalue weighted by molar-refractivity contribution is 9.10. The lowest BCUT2D eigenvalue weighted by Gasteiger charge is -2.17. The summed E-state index contributed by atoms with van der Waals surface area (Å²) in [6, 6.07) is 5.13. The quantitative estimate of drug-likeness (QED) is 0.780. The first-order valence-electron chi connectivity index (χ1n) is 5.34. The summed E-state index contributed by atoms with van der Waals surface area (Å²) in [4.78, 5) is 13.7. The second kappa shape index (κ2) is 6.99. The molecule has 0 saturated carbocycles. The molecule has 0 aliphatic rings. The molecule has 0 aromatic heterocycles. The predicted molar refractivity (Wildman–Crippen MR) is 72.6 cm³/mol. The summed E-state index contributed by atoms with van der Waals surface area (Å²) in [7, 11) is 1.75. The average molecular weight is 321 g/mol. The van der Waals surface area contributed by atoms with Crippen molar-refractivity contribution in [1.82, 2.24) is 4.90 Å². The first-order chi connectivity index (χ1) is 8.06. The molecule has 0 saturated heterocycles. The van der Waals surface area contributed by atoms with Crippen LogP contribution in [0.2, 0.25) is 5.02 Å². The van der Waals surface area contributed by atoms with Crippen molar-refractivity contribution in [3.63, 3.8) is 0 Å². The molecule has 1 amide bonds. The van der Waals surface area contributed by atoms with Crippen LogP contribution < -0.4 is 0 Å². The highest BCUT2D eigenvalue weighted by atomic mass is 79.9. The minimum absolute atomic E-state index is 0.0479. The second-order valence-electron chi connectivity index (χ2n) is 3.55. The van der Waals surface area contributed by atoms with Crippen molar-refractivity contribution in [2.45, 2.75) is 6.92 Å². The maximum atomic E-state index is 12.1. The van der Waals surface area contributed by atoms with Crippen LogP contribution in [0.5, 0.6) is 0 Å².